The predicted octanol–water partition coefficient (Wildman–Crippen LogP) is 2.22. The number of hydrogen-bond acceptors (Lipinski definition) is 4. The number of piperidine rings is 1. The number of carbonyl (C=O) groups excluding carboxylic acids is 1. The Morgan fingerprint density at radius 3 is 2.81 bits per heavy atom. The quantitative estimate of drug-likeness (QED) is 0.906. The van der Waals surface area contributed by atoms with Crippen LogP contribution in [-0.4, -0.2) is 52.4 Å². The Balaban J connectivity index is 1.68. The molecule has 6 nitrogen and oxygen atoms in total. The first-order chi connectivity index (χ1) is 12.7. The second-order valence-corrected chi connectivity index (χ2v) is 7.41. The van der Waals surface area contributed by atoms with Crippen LogP contribution in [0.25, 0.3) is 0 Å². The summed E-state index contributed by atoms with van der Waals surface area (Å²) >= 11 is 0. The molecule has 0 aliphatic carbocycles. The van der Waals surface area contributed by atoms with Crippen LogP contribution in [0.2, 0.25) is 0 Å². The van der Waals surface area contributed by atoms with Crippen molar-refractivity contribution in [2.45, 2.75) is 44.3 Å². The smallest absolute Gasteiger partial charge is 0.326 e. The average molecular weight is 351 g/mol. The van der Waals surface area contributed by atoms with Crippen LogP contribution in [0.3, 0.4) is 0 Å². The summed E-state index contributed by atoms with van der Waals surface area (Å²) in [5.41, 5.74) is 7.70. The highest BCUT2D eigenvalue weighted by Gasteiger charge is 2.39. The number of benzene rings is 1. The minimum Gasteiger partial charge on any atom is -0.357 e. The van der Waals surface area contributed by atoms with Crippen molar-refractivity contribution in [1.82, 2.24) is 14.7 Å². The minimum atomic E-state index is 0.0527. The van der Waals surface area contributed by atoms with Crippen molar-refractivity contribution in [2.24, 2.45) is 5.73 Å². The SMILES string of the molecule is N#Cc1ccccc1CN1C(=O)N2CCCC2C=C1N1CCC[C@@H](N)C1. The molecule has 2 amide bonds. The molecule has 2 fully saturated rings. The molecular weight excluding hydrogens is 326 g/mol. The van der Waals surface area contributed by atoms with E-state index in [2.05, 4.69) is 17.0 Å². The third kappa shape index (κ3) is 3.04. The predicted molar refractivity (Wildman–Crippen MR) is 98.7 cm³/mol. The third-order valence-electron chi connectivity index (χ3n) is 5.64. The Morgan fingerprint density at radius 1 is 1.19 bits per heavy atom. The lowest BCUT2D eigenvalue weighted by Crippen LogP contribution is -2.54. The minimum absolute atomic E-state index is 0.0527. The molecule has 3 heterocycles. The Labute approximate surface area is 154 Å². The fraction of sp³-hybridized carbons (Fsp3) is 0.500. The van der Waals surface area contributed by atoms with E-state index in [-0.39, 0.29) is 18.1 Å². The lowest BCUT2D eigenvalue weighted by molar-refractivity contribution is 0.120. The van der Waals surface area contributed by atoms with Gasteiger partial charge in [0.25, 0.3) is 0 Å². The lowest BCUT2D eigenvalue weighted by atomic mass is 10.0. The first-order valence-corrected chi connectivity index (χ1v) is 9.46. The van der Waals surface area contributed by atoms with Gasteiger partial charge in [-0.1, -0.05) is 18.2 Å². The Bertz CT molecular complexity index is 768. The normalized spacial score (nSPS) is 25.8. The monoisotopic (exact) mass is 351 g/mol. The number of amides is 2. The van der Waals surface area contributed by atoms with Crippen molar-refractivity contribution in [1.29, 1.82) is 5.26 Å². The number of likely N-dealkylation sites (tertiary alicyclic amines) is 1. The van der Waals surface area contributed by atoms with Gasteiger partial charge in [0.1, 0.15) is 5.82 Å². The first-order valence-electron chi connectivity index (χ1n) is 9.46. The highest BCUT2D eigenvalue weighted by Crippen LogP contribution is 2.32. The highest BCUT2D eigenvalue weighted by molar-refractivity contribution is 5.79. The summed E-state index contributed by atoms with van der Waals surface area (Å²) in [5, 5.41) is 9.41. The number of nitrogens with two attached hydrogens (primary N) is 1. The molecule has 26 heavy (non-hydrogen) atoms. The van der Waals surface area contributed by atoms with Crippen LogP contribution >= 0.6 is 0 Å². The van der Waals surface area contributed by atoms with Crippen LogP contribution in [0.5, 0.6) is 0 Å². The molecule has 1 aromatic carbocycles. The van der Waals surface area contributed by atoms with Gasteiger partial charge in [0.2, 0.25) is 0 Å². The number of nitrogens with zero attached hydrogens (tertiary/aromatic N) is 4. The van der Waals surface area contributed by atoms with Crippen molar-refractivity contribution in [3.8, 4) is 6.07 Å². The molecule has 1 aromatic rings. The van der Waals surface area contributed by atoms with E-state index in [1.165, 1.54) is 0 Å². The largest absolute Gasteiger partial charge is 0.357 e. The van der Waals surface area contributed by atoms with E-state index in [0.717, 1.165) is 56.7 Å². The van der Waals surface area contributed by atoms with Crippen LogP contribution < -0.4 is 5.73 Å². The van der Waals surface area contributed by atoms with Gasteiger partial charge < -0.3 is 15.5 Å². The van der Waals surface area contributed by atoms with Gasteiger partial charge in [0.05, 0.1) is 24.2 Å². The third-order valence-corrected chi connectivity index (χ3v) is 5.64. The summed E-state index contributed by atoms with van der Waals surface area (Å²) < 4.78 is 0. The van der Waals surface area contributed by atoms with Crippen LogP contribution in [0.15, 0.2) is 36.2 Å². The molecule has 2 N–H and O–H groups in total. The topological polar surface area (TPSA) is 76.6 Å². The molecule has 3 aliphatic rings. The average Bonchev–Trinajstić information content (AvgIpc) is 3.13. The second kappa shape index (κ2) is 7.00. The van der Waals surface area contributed by atoms with Crippen LogP contribution in [-0.2, 0) is 6.54 Å². The molecule has 0 aromatic heterocycles. The molecular formula is C20H25N5O. The Hall–Kier alpha value is -2.52. The van der Waals surface area contributed by atoms with Gasteiger partial charge in [0, 0.05) is 25.7 Å². The van der Waals surface area contributed by atoms with Gasteiger partial charge in [-0.3, -0.25) is 4.90 Å². The van der Waals surface area contributed by atoms with Crippen LogP contribution in [0.1, 0.15) is 36.8 Å². The van der Waals surface area contributed by atoms with E-state index >= 15 is 0 Å². The molecule has 2 atom stereocenters. The molecule has 2 saturated heterocycles. The van der Waals surface area contributed by atoms with Gasteiger partial charge in [0.15, 0.2) is 0 Å². The van der Waals surface area contributed by atoms with Gasteiger partial charge in [-0.25, -0.2) is 4.79 Å². The van der Waals surface area contributed by atoms with Crippen molar-refractivity contribution < 1.29 is 4.79 Å². The number of rotatable bonds is 3. The van der Waals surface area contributed by atoms with Gasteiger partial charge in [-0.15, -0.1) is 0 Å². The van der Waals surface area contributed by atoms with Gasteiger partial charge >= 0.3 is 6.03 Å². The number of fused-ring (bicyclic) bond motifs is 1. The number of urea groups is 1. The summed E-state index contributed by atoms with van der Waals surface area (Å²) in [6, 6.07) is 10.2. The molecule has 0 saturated carbocycles. The maximum atomic E-state index is 13.2. The fourth-order valence-electron chi connectivity index (χ4n) is 4.30. The zero-order valence-corrected chi connectivity index (χ0v) is 15.0. The molecule has 4 rings (SSSR count). The summed E-state index contributed by atoms with van der Waals surface area (Å²) in [5.74, 6) is 0.973. The maximum Gasteiger partial charge on any atom is 0.326 e. The Kier molecular flexibility index (Phi) is 4.56. The van der Waals surface area contributed by atoms with Crippen molar-refractivity contribution in [3.63, 3.8) is 0 Å². The van der Waals surface area contributed by atoms with Crippen LogP contribution in [0.4, 0.5) is 4.79 Å². The van der Waals surface area contributed by atoms with Crippen molar-refractivity contribution in [2.75, 3.05) is 19.6 Å². The summed E-state index contributed by atoms with van der Waals surface area (Å²) in [6.07, 6.45) is 6.38. The second-order valence-electron chi connectivity index (χ2n) is 7.41. The zero-order chi connectivity index (χ0) is 18.1. The zero-order valence-electron chi connectivity index (χ0n) is 15.0. The highest BCUT2D eigenvalue weighted by atomic mass is 16.2. The molecule has 6 heteroatoms. The van der Waals surface area contributed by atoms with Gasteiger partial charge in [-0.2, -0.15) is 5.26 Å². The van der Waals surface area contributed by atoms with Crippen LogP contribution in [0, 0.1) is 11.3 Å². The Morgan fingerprint density at radius 2 is 2.00 bits per heavy atom. The number of hydrogen-bond donors (Lipinski definition) is 1. The first kappa shape index (κ1) is 16.9. The molecule has 3 aliphatic heterocycles. The van der Waals surface area contributed by atoms with Crippen molar-refractivity contribution >= 4 is 6.03 Å². The summed E-state index contributed by atoms with van der Waals surface area (Å²) in [6.45, 7) is 2.94. The van der Waals surface area contributed by atoms with E-state index in [0.29, 0.717) is 12.1 Å². The molecule has 1 unspecified atom stereocenters. The molecule has 0 bridgehead atoms. The molecule has 0 radical (unpaired) electrons. The number of carbonyl (C=O) groups is 1. The van der Waals surface area contributed by atoms with Crippen molar-refractivity contribution in [3.05, 3.63) is 47.3 Å². The van der Waals surface area contributed by atoms with E-state index < -0.39 is 0 Å². The van der Waals surface area contributed by atoms with Gasteiger partial charge in [-0.05, 0) is 43.4 Å². The van der Waals surface area contributed by atoms with E-state index in [9.17, 15) is 10.1 Å². The lowest BCUT2D eigenvalue weighted by Gasteiger charge is -2.44. The summed E-state index contributed by atoms with van der Waals surface area (Å²) in [4.78, 5) is 19.3. The standard InChI is InChI=1S/C20H25N5O/c21-12-15-5-1-2-6-16(15)13-25-19(23-9-3-7-17(22)14-23)11-18-8-4-10-24(18)20(25)26/h1-2,5-6,11,17-18H,3-4,7-10,13-14,22H2/t17-,18?/m1/s1. The van der Waals surface area contributed by atoms with E-state index in [1.54, 1.807) is 0 Å². The summed E-state index contributed by atoms with van der Waals surface area (Å²) in [7, 11) is 0. The fourth-order valence-corrected chi connectivity index (χ4v) is 4.30. The van der Waals surface area contributed by atoms with E-state index in [1.807, 2.05) is 34.1 Å². The van der Waals surface area contributed by atoms with E-state index in [4.69, 9.17) is 5.73 Å². The maximum absolute atomic E-state index is 13.2. The molecule has 0 spiro atoms. The number of nitriles is 1. The molecule has 136 valence electrons.